The zero-order valence-corrected chi connectivity index (χ0v) is 6.31. The highest BCUT2D eigenvalue weighted by Gasteiger charge is 1.95. The Hall–Kier alpha value is -0.970. The molecule has 1 amide bonds. The lowest BCUT2D eigenvalue weighted by molar-refractivity contribution is -0.120. The molecule has 0 radical (unpaired) electrons. The van der Waals surface area contributed by atoms with Crippen molar-refractivity contribution in [1.82, 2.24) is 5.32 Å². The average molecular weight is 139 g/mol. The van der Waals surface area contributed by atoms with Crippen LogP contribution in [0.25, 0.3) is 0 Å². The van der Waals surface area contributed by atoms with Crippen molar-refractivity contribution in [2.45, 2.75) is 26.2 Å². The molecule has 56 valence electrons. The zero-order valence-electron chi connectivity index (χ0n) is 6.31. The molecule has 0 bridgehead atoms. The second kappa shape index (κ2) is 6.15. The number of rotatable bonds is 4. The molecule has 0 aromatic carbocycles. The van der Waals surface area contributed by atoms with Gasteiger partial charge >= 0.3 is 0 Å². The highest BCUT2D eigenvalue weighted by molar-refractivity contribution is 5.76. The van der Waals surface area contributed by atoms with Crippen LogP contribution in [-0.4, -0.2) is 12.5 Å². The second-order valence-corrected chi connectivity index (χ2v) is 2.08. The summed E-state index contributed by atoms with van der Waals surface area (Å²) >= 11 is 0. The smallest absolute Gasteiger partial charge is 0.220 e. The Kier molecular flexibility index (Phi) is 5.56. The molecule has 0 aromatic heterocycles. The number of amides is 1. The van der Waals surface area contributed by atoms with Crippen LogP contribution < -0.4 is 5.32 Å². The van der Waals surface area contributed by atoms with Crippen LogP contribution in [0.2, 0.25) is 0 Å². The van der Waals surface area contributed by atoms with E-state index in [1.807, 2.05) is 0 Å². The summed E-state index contributed by atoms with van der Waals surface area (Å²) in [4.78, 5) is 10.8. The van der Waals surface area contributed by atoms with E-state index in [4.69, 9.17) is 6.42 Å². The van der Waals surface area contributed by atoms with Crippen LogP contribution in [0.15, 0.2) is 0 Å². The molecule has 0 spiro atoms. The molecule has 10 heavy (non-hydrogen) atoms. The Bertz CT molecular complexity index is 135. The zero-order chi connectivity index (χ0) is 7.82. The molecule has 0 aliphatic rings. The lowest BCUT2D eigenvalue weighted by Crippen LogP contribution is -2.22. The van der Waals surface area contributed by atoms with Gasteiger partial charge in [0.15, 0.2) is 0 Å². The van der Waals surface area contributed by atoms with Crippen LogP contribution >= 0.6 is 0 Å². The van der Waals surface area contributed by atoms with Gasteiger partial charge in [0.05, 0.1) is 6.54 Å². The van der Waals surface area contributed by atoms with E-state index in [9.17, 15) is 4.79 Å². The summed E-state index contributed by atoms with van der Waals surface area (Å²) in [5, 5.41) is 2.59. The average Bonchev–Trinajstić information content (AvgIpc) is 1.97. The maximum absolute atomic E-state index is 10.8. The first-order valence-electron chi connectivity index (χ1n) is 3.51. The Balaban J connectivity index is 3.19. The van der Waals surface area contributed by atoms with Gasteiger partial charge in [-0.2, -0.15) is 0 Å². The predicted octanol–water partition coefficient (Wildman–Crippen LogP) is 0.926. The van der Waals surface area contributed by atoms with Gasteiger partial charge in [-0.1, -0.05) is 19.3 Å². The summed E-state index contributed by atoms with van der Waals surface area (Å²) in [6.07, 6.45) is 7.52. The third kappa shape index (κ3) is 5.17. The van der Waals surface area contributed by atoms with E-state index in [2.05, 4.69) is 18.2 Å². The van der Waals surface area contributed by atoms with Gasteiger partial charge in [0.1, 0.15) is 0 Å². The van der Waals surface area contributed by atoms with E-state index in [-0.39, 0.29) is 5.91 Å². The van der Waals surface area contributed by atoms with Crippen LogP contribution in [0.3, 0.4) is 0 Å². The predicted molar refractivity (Wildman–Crippen MR) is 41.4 cm³/mol. The Morgan fingerprint density at radius 2 is 2.40 bits per heavy atom. The molecule has 0 aromatic rings. The first-order valence-corrected chi connectivity index (χ1v) is 3.51. The third-order valence-electron chi connectivity index (χ3n) is 1.15. The first-order chi connectivity index (χ1) is 4.81. The van der Waals surface area contributed by atoms with Crippen LogP contribution in [-0.2, 0) is 4.79 Å². The maximum Gasteiger partial charge on any atom is 0.220 e. The van der Waals surface area contributed by atoms with Crippen LogP contribution in [0, 0.1) is 12.3 Å². The maximum atomic E-state index is 10.8. The van der Waals surface area contributed by atoms with Crippen molar-refractivity contribution in [2.75, 3.05) is 6.54 Å². The van der Waals surface area contributed by atoms with E-state index in [0.29, 0.717) is 13.0 Å². The van der Waals surface area contributed by atoms with Crippen molar-refractivity contribution >= 4 is 5.91 Å². The van der Waals surface area contributed by atoms with Crippen LogP contribution in [0.4, 0.5) is 0 Å². The molecular formula is C8H13NO. The molecule has 0 aliphatic carbocycles. The summed E-state index contributed by atoms with van der Waals surface area (Å²) < 4.78 is 0. The molecule has 0 rings (SSSR count). The fourth-order valence-electron chi connectivity index (χ4n) is 0.575. The molecule has 1 N–H and O–H groups in total. The summed E-state index contributed by atoms with van der Waals surface area (Å²) in [5.74, 6) is 2.40. The van der Waals surface area contributed by atoms with Crippen molar-refractivity contribution in [3.8, 4) is 12.3 Å². The molecule has 0 saturated heterocycles. The lowest BCUT2D eigenvalue weighted by atomic mass is 10.2. The molecule has 0 unspecified atom stereocenters. The van der Waals surface area contributed by atoms with Gasteiger partial charge in [0, 0.05) is 6.42 Å². The van der Waals surface area contributed by atoms with E-state index >= 15 is 0 Å². The van der Waals surface area contributed by atoms with Gasteiger partial charge in [0.25, 0.3) is 0 Å². The first kappa shape index (κ1) is 9.03. The summed E-state index contributed by atoms with van der Waals surface area (Å²) in [5.41, 5.74) is 0. The number of carbonyl (C=O) groups excluding carboxylic acids is 1. The highest BCUT2D eigenvalue weighted by Crippen LogP contribution is 1.91. The second-order valence-electron chi connectivity index (χ2n) is 2.08. The van der Waals surface area contributed by atoms with Crippen molar-refractivity contribution < 1.29 is 4.79 Å². The standard InChI is InChI=1S/C8H13NO/c1-3-5-6-8(10)9-7-4-2/h2H,3,5-7H2,1H3,(H,9,10). The fraction of sp³-hybridized carbons (Fsp3) is 0.625. The van der Waals surface area contributed by atoms with E-state index in [1.165, 1.54) is 0 Å². The molecule has 0 saturated carbocycles. The molecular weight excluding hydrogens is 126 g/mol. The van der Waals surface area contributed by atoms with Crippen molar-refractivity contribution in [1.29, 1.82) is 0 Å². The molecule has 0 heterocycles. The highest BCUT2D eigenvalue weighted by atomic mass is 16.1. The number of unbranched alkanes of at least 4 members (excludes halogenated alkanes) is 1. The lowest BCUT2D eigenvalue weighted by Gasteiger charge is -1.97. The van der Waals surface area contributed by atoms with Crippen LogP contribution in [0.5, 0.6) is 0 Å². The minimum Gasteiger partial charge on any atom is -0.345 e. The SMILES string of the molecule is C#CCNC(=O)CCCC. The number of nitrogens with one attached hydrogen (secondary N) is 1. The van der Waals surface area contributed by atoms with Gasteiger partial charge in [0.2, 0.25) is 5.91 Å². The normalized spacial score (nSPS) is 8.40. The van der Waals surface area contributed by atoms with E-state index < -0.39 is 0 Å². The van der Waals surface area contributed by atoms with E-state index in [0.717, 1.165) is 12.8 Å². The van der Waals surface area contributed by atoms with Crippen LogP contribution in [0.1, 0.15) is 26.2 Å². The van der Waals surface area contributed by atoms with Gasteiger partial charge in [-0.25, -0.2) is 0 Å². The summed E-state index contributed by atoms with van der Waals surface area (Å²) in [7, 11) is 0. The fourth-order valence-corrected chi connectivity index (χ4v) is 0.575. The van der Waals surface area contributed by atoms with E-state index in [1.54, 1.807) is 0 Å². The Labute approximate surface area is 62.0 Å². The van der Waals surface area contributed by atoms with Gasteiger partial charge in [-0.15, -0.1) is 6.42 Å². The van der Waals surface area contributed by atoms with Crippen molar-refractivity contribution in [2.24, 2.45) is 0 Å². The number of terminal acetylenes is 1. The van der Waals surface area contributed by atoms with Gasteiger partial charge in [-0.3, -0.25) is 4.79 Å². The molecule has 0 fully saturated rings. The minimum atomic E-state index is 0.0554. The monoisotopic (exact) mass is 139 g/mol. The molecule has 2 heteroatoms. The largest absolute Gasteiger partial charge is 0.345 e. The Morgan fingerprint density at radius 1 is 1.70 bits per heavy atom. The summed E-state index contributed by atoms with van der Waals surface area (Å²) in [6.45, 7) is 2.40. The van der Waals surface area contributed by atoms with Gasteiger partial charge < -0.3 is 5.32 Å². The third-order valence-corrected chi connectivity index (χ3v) is 1.15. The molecule has 0 aliphatic heterocycles. The van der Waals surface area contributed by atoms with Crippen molar-refractivity contribution in [3.05, 3.63) is 0 Å². The number of hydrogen-bond donors (Lipinski definition) is 1. The number of hydrogen-bond acceptors (Lipinski definition) is 1. The van der Waals surface area contributed by atoms with Gasteiger partial charge in [-0.05, 0) is 6.42 Å². The molecule has 2 nitrogen and oxygen atoms in total. The number of carbonyl (C=O) groups is 1. The topological polar surface area (TPSA) is 29.1 Å². The van der Waals surface area contributed by atoms with Crippen molar-refractivity contribution in [3.63, 3.8) is 0 Å². The molecule has 0 atom stereocenters. The summed E-state index contributed by atoms with van der Waals surface area (Å²) in [6, 6.07) is 0. The Morgan fingerprint density at radius 3 is 2.90 bits per heavy atom. The minimum absolute atomic E-state index is 0.0554. The quantitative estimate of drug-likeness (QED) is 0.577.